The monoisotopic (exact) mass is 190 g/mol. The zero-order chi connectivity index (χ0) is 10.1. The van der Waals surface area contributed by atoms with Gasteiger partial charge in [-0.1, -0.05) is 0 Å². The molecule has 0 aliphatic carbocycles. The van der Waals surface area contributed by atoms with Crippen LogP contribution in [0.25, 0.3) is 11.0 Å². The molecular formula is C12H14O2. The maximum Gasteiger partial charge on any atom is 0.134 e. The smallest absolute Gasteiger partial charge is 0.134 e. The minimum atomic E-state index is 0.168. The van der Waals surface area contributed by atoms with Gasteiger partial charge < -0.3 is 9.52 Å². The van der Waals surface area contributed by atoms with Crippen LogP contribution in [0.15, 0.2) is 22.8 Å². The van der Waals surface area contributed by atoms with Gasteiger partial charge in [0, 0.05) is 17.6 Å². The van der Waals surface area contributed by atoms with Gasteiger partial charge in [0.2, 0.25) is 0 Å². The first-order chi connectivity index (χ1) is 6.72. The molecule has 0 unspecified atom stereocenters. The Balaban J connectivity index is 2.61. The Hall–Kier alpha value is -1.28. The lowest BCUT2D eigenvalue weighted by Gasteiger charge is -2.00. The summed E-state index contributed by atoms with van der Waals surface area (Å²) >= 11 is 0. The number of fused-ring (bicyclic) bond motifs is 1. The summed E-state index contributed by atoms with van der Waals surface area (Å²) in [6.07, 6.45) is 2.40. The van der Waals surface area contributed by atoms with E-state index in [-0.39, 0.29) is 6.61 Å². The topological polar surface area (TPSA) is 33.4 Å². The van der Waals surface area contributed by atoms with E-state index in [1.54, 1.807) is 6.26 Å². The lowest BCUT2D eigenvalue weighted by Crippen LogP contribution is -1.89. The summed E-state index contributed by atoms with van der Waals surface area (Å²) in [5, 5.41) is 10.0. The van der Waals surface area contributed by atoms with Gasteiger partial charge in [0.25, 0.3) is 0 Å². The molecule has 74 valence electrons. The number of aliphatic hydroxyl groups excluding tert-OH is 1. The summed E-state index contributed by atoms with van der Waals surface area (Å²) < 4.78 is 5.43. The Bertz CT molecular complexity index is 455. The Labute approximate surface area is 83.2 Å². The number of furan rings is 1. The summed E-state index contributed by atoms with van der Waals surface area (Å²) in [6.45, 7) is 4.33. The van der Waals surface area contributed by atoms with E-state index in [0.29, 0.717) is 6.42 Å². The van der Waals surface area contributed by atoms with Crippen molar-refractivity contribution in [2.45, 2.75) is 20.3 Å². The Morgan fingerprint density at radius 3 is 2.64 bits per heavy atom. The van der Waals surface area contributed by atoms with Crippen molar-refractivity contribution in [1.82, 2.24) is 0 Å². The first kappa shape index (κ1) is 9.28. The molecule has 0 saturated heterocycles. The first-order valence-electron chi connectivity index (χ1n) is 4.80. The maximum atomic E-state index is 8.88. The quantitative estimate of drug-likeness (QED) is 0.789. The molecule has 0 aliphatic heterocycles. The Morgan fingerprint density at radius 1 is 1.21 bits per heavy atom. The van der Waals surface area contributed by atoms with Gasteiger partial charge in [0.1, 0.15) is 5.58 Å². The second kappa shape index (κ2) is 3.46. The van der Waals surface area contributed by atoms with E-state index in [2.05, 4.69) is 19.9 Å². The molecule has 2 nitrogen and oxygen atoms in total. The number of benzene rings is 1. The second-order valence-corrected chi connectivity index (χ2v) is 3.67. The molecule has 2 rings (SSSR count). The third kappa shape index (κ3) is 1.42. The molecule has 0 radical (unpaired) electrons. The number of rotatable bonds is 2. The molecule has 1 heterocycles. The van der Waals surface area contributed by atoms with E-state index in [9.17, 15) is 0 Å². The van der Waals surface area contributed by atoms with Crippen LogP contribution in [0.1, 0.15) is 16.7 Å². The molecule has 2 heteroatoms. The van der Waals surface area contributed by atoms with Crippen LogP contribution in [0.3, 0.4) is 0 Å². The number of hydrogen-bond donors (Lipinski definition) is 1. The van der Waals surface area contributed by atoms with Crippen LogP contribution in [0.5, 0.6) is 0 Å². The zero-order valence-electron chi connectivity index (χ0n) is 8.50. The normalized spacial score (nSPS) is 11.1. The largest absolute Gasteiger partial charge is 0.464 e. The summed E-state index contributed by atoms with van der Waals surface area (Å²) in [7, 11) is 0. The van der Waals surface area contributed by atoms with E-state index < -0.39 is 0 Å². The third-order valence-corrected chi connectivity index (χ3v) is 2.65. The molecule has 1 aromatic carbocycles. The predicted molar refractivity (Wildman–Crippen MR) is 56.5 cm³/mol. The van der Waals surface area contributed by atoms with E-state index in [1.807, 2.05) is 6.07 Å². The summed E-state index contributed by atoms with van der Waals surface area (Å²) in [4.78, 5) is 0. The van der Waals surface area contributed by atoms with Gasteiger partial charge in [-0.05, 0) is 43.5 Å². The highest BCUT2D eigenvalue weighted by atomic mass is 16.3. The van der Waals surface area contributed by atoms with Crippen LogP contribution < -0.4 is 0 Å². The molecule has 0 saturated carbocycles. The molecule has 0 spiro atoms. The van der Waals surface area contributed by atoms with Crippen LogP contribution >= 0.6 is 0 Å². The van der Waals surface area contributed by atoms with Crippen molar-refractivity contribution in [3.05, 3.63) is 35.1 Å². The lowest BCUT2D eigenvalue weighted by atomic mass is 10.0. The molecule has 0 aliphatic rings. The van der Waals surface area contributed by atoms with Crippen LogP contribution in [0.4, 0.5) is 0 Å². The lowest BCUT2D eigenvalue weighted by molar-refractivity contribution is 0.299. The molecule has 14 heavy (non-hydrogen) atoms. The molecule has 0 atom stereocenters. The predicted octanol–water partition coefficient (Wildman–Crippen LogP) is 2.58. The summed E-state index contributed by atoms with van der Waals surface area (Å²) in [6, 6.07) is 4.17. The Kier molecular flexibility index (Phi) is 2.30. The third-order valence-electron chi connectivity index (χ3n) is 2.65. The van der Waals surface area contributed by atoms with Crippen LogP contribution in [0.2, 0.25) is 0 Å². The standard InChI is InChI=1S/C12H14O2/c1-8-5-11-10(3-4-13)7-14-12(11)6-9(8)2/h5-7,13H,3-4H2,1-2H3. The van der Waals surface area contributed by atoms with Gasteiger partial charge in [-0.15, -0.1) is 0 Å². The highest BCUT2D eigenvalue weighted by molar-refractivity contribution is 5.82. The van der Waals surface area contributed by atoms with E-state index in [4.69, 9.17) is 9.52 Å². The highest BCUT2D eigenvalue weighted by Gasteiger charge is 2.06. The Morgan fingerprint density at radius 2 is 1.93 bits per heavy atom. The van der Waals surface area contributed by atoms with Gasteiger partial charge in [0.15, 0.2) is 0 Å². The van der Waals surface area contributed by atoms with E-state index in [1.165, 1.54) is 11.1 Å². The molecule has 0 bridgehead atoms. The number of aryl methyl sites for hydroxylation is 2. The molecule has 1 aromatic heterocycles. The fourth-order valence-electron chi connectivity index (χ4n) is 1.65. The summed E-state index contributed by atoms with van der Waals surface area (Å²) in [5.74, 6) is 0. The van der Waals surface area contributed by atoms with Crippen molar-refractivity contribution in [1.29, 1.82) is 0 Å². The van der Waals surface area contributed by atoms with Gasteiger partial charge in [-0.2, -0.15) is 0 Å². The average molecular weight is 190 g/mol. The van der Waals surface area contributed by atoms with Crippen LogP contribution in [-0.2, 0) is 6.42 Å². The number of aliphatic hydroxyl groups is 1. The van der Waals surface area contributed by atoms with E-state index >= 15 is 0 Å². The fourth-order valence-corrected chi connectivity index (χ4v) is 1.65. The SMILES string of the molecule is Cc1cc2occ(CCO)c2cc1C. The zero-order valence-corrected chi connectivity index (χ0v) is 8.50. The van der Waals surface area contributed by atoms with Gasteiger partial charge in [0.05, 0.1) is 6.26 Å². The number of hydrogen-bond acceptors (Lipinski definition) is 2. The van der Waals surface area contributed by atoms with Crippen LogP contribution in [0, 0.1) is 13.8 Å². The first-order valence-corrected chi connectivity index (χ1v) is 4.80. The average Bonchev–Trinajstić information content (AvgIpc) is 2.51. The van der Waals surface area contributed by atoms with Crippen molar-refractivity contribution in [3.8, 4) is 0 Å². The van der Waals surface area contributed by atoms with Gasteiger partial charge >= 0.3 is 0 Å². The van der Waals surface area contributed by atoms with E-state index in [0.717, 1.165) is 16.5 Å². The molecule has 0 fully saturated rings. The molecule has 2 aromatic rings. The van der Waals surface area contributed by atoms with Gasteiger partial charge in [-0.3, -0.25) is 0 Å². The van der Waals surface area contributed by atoms with Gasteiger partial charge in [-0.25, -0.2) is 0 Å². The minimum absolute atomic E-state index is 0.168. The molecule has 0 amide bonds. The van der Waals surface area contributed by atoms with Crippen molar-refractivity contribution in [3.63, 3.8) is 0 Å². The molecular weight excluding hydrogens is 176 g/mol. The second-order valence-electron chi connectivity index (χ2n) is 3.67. The fraction of sp³-hybridized carbons (Fsp3) is 0.333. The van der Waals surface area contributed by atoms with Crippen molar-refractivity contribution >= 4 is 11.0 Å². The maximum absolute atomic E-state index is 8.88. The van der Waals surface area contributed by atoms with Crippen molar-refractivity contribution in [2.75, 3.05) is 6.61 Å². The van der Waals surface area contributed by atoms with Crippen molar-refractivity contribution < 1.29 is 9.52 Å². The van der Waals surface area contributed by atoms with Crippen molar-refractivity contribution in [2.24, 2.45) is 0 Å². The molecule has 1 N–H and O–H groups in total. The summed E-state index contributed by atoms with van der Waals surface area (Å²) in [5.41, 5.74) is 4.50. The van der Waals surface area contributed by atoms with Crippen LogP contribution in [-0.4, -0.2) is 11.7 Å². The minimum Gasteiger partial charge on any atom is -0.464 e. The highest BCUT2D eigenvalue weighted by Crippen LogP contribution is 2.24.